The number of esters is 1. The zero-order valence-corrected chi connectivity index (χ0v) is 12.2. The second-order valence-electron chi connectivity index (χ2n) is 4.53. The Kier molecular flexibility index (Phi) is 3.69. The highest BCUT2D eigenvalue weighted by Gasteiger charge is 2.11. The van der Waals surface area contributed by atoms with Crippen LogP contribution in [0.5, 0.6) is 11.6 Å². The summed E-state index contributed by atoms with van der Waals surface area (Å²) in [5, 5.41) is 4.85. The van der Waals surface area contributed by atoms with E-state index in [2.05, 4.69) is 15.1 Å². The van der Waals surface area contributed by atoms with Crippen molar-refractivity contribution in [2.45, 2.75) is 6.92 Å². The lowest BCUT2D eigenvalue weighted by Crippen LogP contribution is -2.04. The number of ether oxygens (including phenoxy) is 2. The van der Waals surface area contributed by atoms with Gasteiger partial charge in [-0.05, 0) is 31.2 Å². The summed E-state index contributed by atoms with van der Waals surface area (Å²) in [7, 11) is 1.80. The van der Waals surface area contributed by atoms with Crippen molar-refractivity contribution in [1.29, 1.82) is 0 Å². The molecule has 22 heavy (non-hydrogen) atoms. The first-order chi connectivity index (χ1) is 10.7. The van der Waals surface area contributed by atoms with E-state index in [4.69, 9.17) is 9.47 Å². The monoisotopic (exact) mass is 298 g/mol. The minimum absolute atomic E-state index is 0.344. The highest BCUT2D eigenvalue weighted by atomic mass is 16.5. The molecular weight excluding hydrogens is 284 g/mol. The Bertz CT molecular complexity index is 811. The molecule has 3 rings (SSSR count). The van der Waals surface area contributed by atoms with Crippen molar-refractivity contribution in [1.82, 2.24) is 19.7 Å². The third-order valence-corrected chi connectivity index (χ3v) is 3.07. The highest BCUT2D eigenvalue weighted by molar-refractivity contribution is 5.89. The summed E-state index contributed by atoms with van der Waals surface area (Å²) in [4.78, 5) is 19.9. The molecule has 1 aromatic carbocycles. The van der Waals surface area contributed by atoms with E-state index in [1.54, 1.807) is 49.1 Å². The third kappa shape index (κ3) is 2.60. The van der Waals surface area contributed by atoms with E-state index >= 15 is 0 Å². The number of carbonyl (C=O) groups excluding carboxylic acids is 1. The summed E-state index contributed by atoms with van der Waals surface area (Å²) in [5.74, 6) is 0.629. The topological polar surface area (TPSA) is 79.1 Å². The number of aromatic nitrogens is 4. The van der Waals surface area contributed by atoms with Gasteiger partial charge >= 0.3 is 5.97 Å². The molecule has 0 saturated carbocycles. The van der Waals surface area contributed by atoms with Crippen LogP contribution in [-0.2, 0) is 11.8 Å². The van der Waals surface area contributed by atoms with Gasteiger partial charge in [0.25, 0.3) is 0 Å². The summed E-state index contributed by atoms with van der Waals surface area (Å²) < 4.78 is 12.3. The molecule has 0 aliphatic heterocycles. The van der Waals surface area contributed by atoms with Gasteiger partial charge in [-0.3, -0.25) is 4.68 Å². The molecule has 0 spiro atoms. The van der Waals surface area contributed by atoms with Gasteiger partial charge in [0.1, 0.15) is 17.5 Å². The van der Waals surface area contributed by atoms with Crippen molar-refractivity contribution in [2.75, 3.05) is 6.61 Å². The molecule has 0 atom stereocenters. The number of nitrogens with zero attached hydrogens (tertiary/aromatic N) is 4. The molecule has 0 bridgehead atoms. The van der Waals surface area contributed by atoms with Crippen molar-refractivity contribution in [3.63, 3.8) is 0 Å². The molecule has 0 aliphatic rings. The van der Waals surface area contributed by atoms with E-state index in [-0.39, 0.29) is 5.97 Å². The second kappa shape index (κ2) is 5.80. The van der Waals surface area contributed by atoms with E-state index in [0.717, 1.165) is 5.39 Å². The largest absolute Gasteiger partial charge is 0.462 e. The fourth-order valence-electron chi connectivity index (χ4n) is 2.01. The summed E-state index contributed by atoms with van der Waals surface area (Å²) >= 11 is 0. The van der Waals surface area contributed by atoms with Crippen LogP contribution in [0.3, 0.4) is 0 Å². The summed E-state index contributed by atoms with van der Waals surface area (Å²) in [5.41, 5.74) is 1.16. The number of hydrogen-bond acceptors (Lipinski definition) is 6. The second-order valence-corrected chi connectivity index (χ2v) is 4.53. The van der Waals surface area contributed by atoms with Gasteiger partial charge < -0.3 is 9.47 Å². The SMILES string of the molecule is CCOC(=O)c1ccc(Oc2ncnc3c2cnn3C)cc1. The number of benzene rings is 1. The highest BCUT2D eigenvalue weighted by Crippen LogP contribution is 2.26. The van der Waals surface area contributed by atoms with Crippen LogP contribution >= 0.6 is 0 Å². The fraction of sp³-hybridized carbons (Fsp3) is 0.200. The molecule has 7 nitrogen and oxygen atoms in total. The lowest BCUT2D eigenvalue weighted by atomic mass is 10.2. The average Bonchev–Trinajstić information content (AvgIpc) is 2.91. The summed E-state index contributed by atoms with van der Waals surface area (Å²) in [6.45, 7) is 2.11. The maximum atomic E-state index is 11.6. The Balaban J connectivity index is 1.84. The van der Waals surface area contributed by atoms with Gasteiger partial charge in [0.2, 0.25) is 5.88 Å². The Morgan fingerprint density at radius 1 is 1.23 bits per heavy atom. The van der Waals surface area contributed by atoms with Crippen LogP contribution in [-0.4, -0.2) is 32.3 Å². The normalized spacial score (nSPS) is 10.6. The zero-order chi connectivity index (χ0) is 15.5. The van der Waals surface area contributed by atoms with Gasteiger partial charge in [0, 0.05) is 7.05 Å². The van der Waals surface area contributed by atoms with E-state index in [1.165, 1.54) is 6.33 Å². The first-order valence-corrected chi connectivity index (χ1v) is 6.76. The lowest BCUT2D eigenvalue weighted by Gasteiger charge is -2.06. The molecule has 0 fully saturated rings. The molecule has 2 heterocycles. The molecule has 3 aromatic rings. The van der Waals surface area contributed by atoms with E-state index in [1.807, 2.05) is 0 Å². The van der Waals surface area contributed by atoms with Gasteiger partial charge in [-0.25, -0.2) is 14.8 Å². The zero-order valence-electron chi connectivity index (χ0n) is 12.2. The number of carbonyl (C=O) groups is 1. The van der Waals surface area contributed by atoms with Gasteiger partial charge in [0.15, 0.2) is 5.65 Å². The number of fused-ring (bicyclic) bond motifs is 1. The summed E-state index contributed by atoms with van der Waals surface area (Å²) in [6.07, 6.45) is 3.07. The molecule has 0 saturated heterocycles. The Morgan fingerprint density at radius 3 is 2.73 bits per heavy atom. The molecular formula is C15H14N4O3. The number of aryl methyl sites for hydroxylation is 1. The molecule has 0 unspecified atom stereocenters. The fourth-order valence-corrected chi connectivity index (χ4v) is 2.01. The molecule has 0 N–H and O–H groups in total. The maximum Gasteiger partial charge on any atom is 0.338 e. The third-order valence-electron chi connectivity index (χ3n) is 3.07. The smallest absolute Gasteiger partial charge is 0.338 e. The quantitative estimate of drug-likeness (QED) is 0.688. The van der Waals surface area contributed by atoms with Crippen LogP contribution in [0.2, 0.25) is 0 Å². The van der Waals surface area contributed by atoms with Gasteiger partial charge in [-0.1, -0.05) is 0 Å². The molecule has 112 valence electrons. The van der Waals surface area contributed by atoms with Crippen molar-refractivity contribution in [3.8, 4) is 11.6 Å². The molecule has 7 heteroatoms. The van der Waals surface area contributed by atoms with Crippen LogP contribution in [0.15, 0.2) is 36.8 Å². The van der Waals surface area contributed by atoms with Crippen LogP contribution < -0.4 is 4.74 Å². The Labute approximate surface area is 126 Å². The first-order valence-electron chi connectivity index (χ1n) is 6.76. The molecule has 0 aliphatic carbocycles. The number of hydrogen-bond donors (Lipinski definition) is 0. The van der Waals surface area contributed by atoms with Crippen molar-refractivity contribution < 1.29 is 14.3 Å². The maximum absolute atomic E-state index is 11.6. The predicted octanol–water partition coefficient (Wildman–Crippen LogP) is 2.33. The minimum Gasteiger partial charge on any atom is -0.462 e. The summed E-state index contributed by atoms with van der Waals surface area (Å²) in [6, 6.07) is 6.68. The van der Waals surface area contributed by atoms with Gasteiger partial charge in [0.05, 0.1) is 18.4 Å². The van der Waals surface area contributed by atoms with Gasteiger partial charge in [-0.2, -0.15) is 5.10 Å². The molecule has 0 radical (unpaired) electrons. The van der Waals surface area contributed by atoms with Crippen molar-refractivity contribution in [3.05, 3.63) is 42.4 Å². The Morgan fingerprint density at radius 2 is 2.00 bits per heavy atom. The van der Waals surface area contributed by atoms with Crippen LogP contribution in [0.4, 0.5) is 0 Å². The lowest BCUT2D eigenvalue weighted by molar-refractivity contribution is 0.0526. The van der Waals surface area contributed by atoms with E-state index in [9.17, 15) is 4.79 Å². The van der Waals surface area contributed by atoms with Crippen LogP contribution in [0.25, 0.3) is 11.0 Å². The van der Waals surface area contributed by atoms with E-state index in [0.29, 0.717) is 29.4 Å². The van der Waals surface area contributed by atoms with E-state index < -0.39 is 0 Å². The first kappa shape index (κ1) is 14.0. The standard InChI is InChI=1S/C15H14N4O3/c1-3-21-15(20)10-4-6-11(7-5-10)22-14-12-8-18-19(2)13(12)16-9-17-14/h4-9H,3H2,1-2H3. The van der Waals surface area contributed by atoms with Crippen LogP contribution in [0.1, 0.15) is 17.3 Å². The molecule has 2 aromatic heterocycles. The van der Waals surface area contributed by atoms with Gasteiger partial charge in [-0.15, -0.1) is 0 Å². The predicted molar refractivity (Wildman–Crippen MR) is 78.8 cm³/mol. The van der Waals surface area contributed by atoms with Crippen molar-refractivity contribution in [2.24, 2.45) is 7.05 Å². The Hall–Kier alpha value is -2.96. The average molecular weight is 298 g/mol. The number of rotatable bonds is 4. The molecule has 0 amide bonds. The van der Waals surface area contributed by atoms with Crippen LogP contribution in [0, 0.1) is 0 Å². The van der Waals surface area contributed by atoms with Crippen molar-refractivity contribution >= 4 is 17.0 Å². The minimum atomic E-state index is -0.356.